The van der Waals surface area contributed by atoms with Crippen molar-refractivity contribution < 1.29 is 27.9 Å². The average Bonchev–Trinajstić information content (AvgIpc) is 3.47. The first-order chi connectivity index (χ1) is 19.4. The van der Waals surface area contributed by atoms with Gasteiger partial charge in [-0.2, -0.15) is 0 Å². The summed E-state index contributed by atoms with van der Waals surface area (Å²) in [5.41, 5.74) is 3.49. The van der Waals surface area contributed by atoms with Crippen molar-refractivity contribution in [1.82, 2.24) is 20.3 Å². The zero-order valence-electron chi connectivity index (χ0n) is 22.6. The minimum Gasteiger partial charge on any atom is -0.480 e. The molecule has 0 fully saturated rings. The molecule has 0 radical (unpaired) electrons. The van der Waals surface area contributed by atoms with E-state index in [0.717, 1.165) is 21.7 Å². The van der Waals surface area contributed by atoms with E-state index in [1.54, 1.807) is 38.4 Å². The second-order valence-electron chi connectivity index (χ2n) is 9.93. The third kappa shape index (κ3) is 7.72. The lowest BCUT2D eigenvalue weighted by molar-refractivity contribution is -0.135. The number of carbonyl (C=O) groups excluding carboxylic acids is 1. The number of nitrogens with zero attached hydrogens (tertiary/aromatic N) is 4. The SMILES string of the molecule is CC(C)(C)OC(=O)N(CC(=O)O)c1cccc(C(NCc2ccc(-c3cscn3)cc2)S(=O)(=O)c2ccccn2)n1. The fourth-order valence-corrected chi connectivity index (χ4v) is 5.83. The van der Waals surface area contributed by atoms with Gasteiger partial charge in [-0.25, -0.2) is 28.2 Å². The molecule has 0 saturated carbocycles. The Morgan fingerprint density at radius 1 is 1.05 bits per heavy atom. The zero-order chi connectivity index (χ0) is 29.6. The van der Waals surface area contributed by atoms with Gasteiger partial charge in [0.25, 0.3) is 0 Å². The van der Waals surface area contributed by atoms with Crippen molar-refractivity contribution >= 4 is 39.1 Å². The molecule has 4 rings (SSSR count). The lowest BCUT2D eigenvalue weighted by Gasteiger charge is -2.26. The summed E-state index contributed by atoms with van der Waals surface area (Å²) in [5.74, 6) is -1.37. The van der Waals surface area contributed by atoms with Gasteiger partial charge in [-0.05, 0) is 50.6 Å². The summed E-state index contributed by atoms with van der Waals surface area (Å²) in [5, 5.41) is 12.9. The first-order valence-electron chi connectivity index (χ1n) is 12.5. The van der Waals surface area contributed by atoms with E-state index in [1.807, 2.05) is 29.6 Å². The molecule has 0 saturated heterocycles. The molecule has 0 spiro atoms. The Kier molecular flexibility index (Phi) is 9.11. The third-order valence-electron chi connectivity index (χ3n) is 5.62. The monoisotopic (exact) mass is 595 g/mol. The predicted octanol–water partition coefficient (Wildman–Crippen LogP) is 4.69. The summed E-state index contributed by atoms with van der Waals surface area (Å²) in [4.78, 5) is 38.0. The molecule has 3 aromatic heterocycles. The highest BCUT2D eigenvalue weighted by atomic mass is 32.2. The smallest absolute Gasteiger partial charge is 0.416 e. The number of hydrogen-bond donors (Lipinski definition) is 2. The first kappa shape index (κ1) is 29.8. The van der Waals surface area contributed by atoms with Crippen molar-refractivity contribution in [3.63, 3.8) is 0 Å². The Hall–Kier alpha value is -4.20. The van der Waals surface area contributed by atoms with Crippen molar-refractivity contribution in [1.29, 1.82) is 0 Å². The van der Waals surface area contributed by atoms with Crippen LogP contribution in [0.1, 0.15) is 37.4 Å². The number of amides is 1. The molecule has 4 aromatic rings. The minimum absolute atomic E-state index is 0.0474. The molecule has 11 nitrogen and oxygen atoms in total. The number of rotatable bonds is 10. The van der Waals surface area contributed by atoms with Crippen LogP contribution in [0.15, 0.2) is 82.8 Å². The molecule has 1 amide bonds. The van der Waals surface area contributed by atoms with Crippen LogP contribution in [0.4, 0.5) is 10.6 Å². The van der Waals surface area contributed by atoms with Gasteiger partial charge >= 0.3 is 12.1 Å². The van der Waals surface area contributed by atoms with Crippen LogP contribution in [-0.4, -0.2) is 52.7 Å². The van der Waals surface area contributed by atoms with E-state index in [1.165, 1.54) is 41.8 Å². The summed E-state index contributed by atoms with van der Waals surface area (Å²) < 4.78 is 32.9. The Balaban J connectivity index is 1.68. The Morgan fingerprint density at radius 3 is 2.41 bits per heavy atom. The number of benzene rings is 1. The lowest BCUT2D eigenvalue weighted by atomic mass is 10.1. The molecule has 1 atom stereocenters. The second kappa shape index (κ2) is 12.5. The summed E-state index contributed by atoms with van der Waals surface area (Å²) in [6, 6.07) is 16.5. The highest BCUT2D eigenvalue weighted by Gasteiger charge is 2.33. The fraction of sp³-hybridized carbons (Fsp3) is 0.250. The molecule has 1 unspecified atom stereocenters. The number of aromatic nitrogens is 3. The highest BCUT2D eigenvalue weighted by molar-refractivity contribution is 7.91. The molecular formula is C28H29N5O6S2. The van der Waals surface area contributed by atoms with Crippen LogP contribution in [0, 0.1) is 0 Å². The average molecular weight is 596 g/mol. The molecule has 0 aliphatic rings. The number of sulfone groups is 1. The summed E-state index contributed by atoms with van der Waals surface area (Å²) in [6.45, 7) is 4.37. The van der Waals surface area contributed by atoms with E-state index in [2.05, 4.69) is 20.3 Å². The van der Waals surface area contributed by atoms with E-state index < -0.39 is 39.4 Å². The summed E-state index contributed by atoms with van der Waals surface area (Å²) in [6.07, 6.45) is 0.448. The standard InChI is InChI=1S/C28H29N5O6S2/c1-28(2,3)39-27(36)33(16-25(34)35)23-8-6-7-21(32-23)26(41(37,38)24-9-4-5-14-29-24)30-15-19-10-12-20(13-11-19)22-17-40-18-31-22/h4-14,17-18,26,30H,15-16H2,1-3H3,(H,34,35). The van der Waals surface area contributed by atoms with E-state index in [0.29, 0.717) is 0 Å². The van der Waals surface area contributed by atoms with Gasteiger partial charge < -0.3 is 9.84 Å². The second-order valence-corrected chi connectivity index (χ2v) is 12.6. The molecule has 0 bridgehead atoms. The van der Waals surface area contributed by atoms with Crippen molar-refractivity contribution in [3.05, 3.63) is 89.0 Å². The van der Waals surface area contributed by atoms with Crippen LogP contribution in [0.25, 0.3) is 11.3 Å². The molecule has 2 N–H and O–H groups in total. The van der Waals surface area contributed by atoms with Crippen molar-refractivity contribution in [2.75, 3.05) is 11.4 Å². The maximum absolute atomic E-state index is 13.8. The third-order valence-corrected chi connectivity index (χ3v) is 8.06. The van der Waals surface area contributed by atoms with Crippen molar-refractivity contribution in [2.45, 2.75) is 43.3 Å². The number of nitrogens with one attached hydrogen (secondary N) is 1. The predicted molar refractivity (Wildman–Crippen MR) is 154 cm³/mol. The number of carbonyl (C=O) groups is 2. The number of pyridine rings is 2. The maximum Gasteiger partial charge on any atom is 0.416 e. The number of ether oxygens (including phenoxy) is 1. The van der Waals surface area contributed by atoms with Gasteiger partial charge in [0.2, 0.25) is 9.84 Å². The topological polar surface area (TPSA) is 152 Å². The number of anilines is 1. The normalized spacial score (nSPS) is 12.5. The van der Waals surface area contributed by atoms with Gasteiger partial charge in [0.15, 0.2) is 10.4 Å². The Morgan fingerprint density at radius 2 is 1.80 bits per heavy atom. The minimum atomic E-state index is -4.13. The first-order valence-corrected chi connectivity index (χ1v) is 15.0. The fourth-order valence-electron chi connectivity index (χ4n) is 3.80. The number of thiazole rings is 1. The zero-order valence-corrected chi connectivity index (χ0v) is 24.2. The van der Waals surface area contributed by atoms with Gasteiger partial charge in [0.1, 0.15) is 18.0 Å². The van der Waals surface area contributed by atoms with E-state index in [-0.39, 0.29) is 23.1 Å². The number of carboxylic acids is 1. The van der Waals surface area contributed by atoms with Crippen LogP contribution in [0.3, 0.4) is 0 Å². The van der Waals surface area contributed by atoms with Crippen LogP contribution in [-0.2, 0) is 25.9 Å². The molecule has 214 valence electrons. The van der Waals surface area contributed by atoms with Gasteiger partial charge in [0.05, 0.1) is 16.9 Å². The largest absolute Gasteiger partial charge is 0.480 e. The quantitative estimate of drug-likeness (QED) is 0.264. The molecule has 3 heterocycles. The van der Waals surface area contributed by atoms with Crippen molar-refractivity contribution in [2.24, 2.45) is 0 Å². The maximum atomic E-state index is 13.8. The van der Waals surface area contributed by atoms with Gasteiger partial charge in [-0.15, -0.1) is 11.3 Å². The van der Waals surface area contributed by atoms with E-state index in [9.17, 15) is 23.1 Å². The summed E-state index contributed by atoms with van der Waals surface area (Å²) >= 11 is 1.49. The number of aliphatic carboxylic acids is 1. The van der Waals surface area contributed by atoms with Gasteiger partial charge in [0, 0.05) is 23.7 Å². The van der Waals surface area contributed by atoms with Gasteiger partial charge in [-0.3, -0.25) is 15.0 Å². The lowest BCUT2D eigenvalue weighted by Crippen LogP contribution is -2.40. The van der Waals surface area contributed by atoms with Gasteiger partial charge in [-0.1, -0.05) is 36.4 Å². The van der Waals surface area contributed by atoms with E-state index >= 15 is 0 Å². The molecule has 0 aliphatic carbocycles. The number of carboxylic acid groups (broad SMARTS) is 1. The molecule has 13 heteroatoms. The Labute approximate surface area is 241 Å². The molecule has 1 aromatic carbocycles. The van der Waals surface area contributed by atoms with Crippen LogP contribution in [0.2, 0.25) is 0 Å². The van der Waals surface area contributed by atoms with Crippen LogP contribution >= 0.6 is 11.3 Å². The molecule has 41 heavy (non-hydrogen) atoms. The van der Waals surface area contributed by atoms with Crippen molar-refractivity contribution in [3.8, 4) is 11.3 Å². The van der Waals surface area contributed by atoms with Crippen LogP contribution < -0.4 is 10.2 Å². The summed E-state index contributed by atoms with van der Waals surface area (Å²) in [7, 11) is -4.13. The Bertz CT molecular complexity index is 1590. The molecule has 0 aliphatic heterocycles. The van der Waals surface area contributed by atoms with Crippen LogP contribution in [0.5, 0.6) is 0 Å². The molecular weight excluding hydrogens is 566 g/mol. The number of hydrogen-bond acceptors (Lipinski definition) is 10. The highest BCUT2D eigenvalue weighted by Crippen LogP contribution is 2.27. The van der Waals surface area contributed by atoms with E-state index in [4.69, 9.17) is 4.74 Å².